The zero-order valence-electron chi connectivity index (χ0n) is 15.3. The Morgan fingerprint density at radius 1 is 1.32 bits per heavy atom. The van der Waals surface area contributed by atoms with Gasteiger partial charge >= 0.3 is 0 Å². The van der Waals surface area contributed by atoms with Crippen LogP contribution >= 0.6 is 0 Å². The van der Waals surface area contributed by atoms with Crippen LogP contribution in [0.1, 0.15) is 39.2 Å². The molecule has 1 amide bonds. The number of hydrogen-bond acceptors (Lipinski definition) is 6. The van der Waals surface area contributed by atoms with Gasteiger partial charge in [0, 0.05) is 24.9 Å². The quantitative estimate of drug-likeness (QED) is 0.693. The maximum atomic E-state index is 11.3. The van der Waals surface area contributed by atoms with Crippen LogP contribution in [0, 0.1) is 0 Å². The van der Waals surface area contributed by atoms with Gasteiger partial charge in [-0.25, -0.2) is 5.43 Å². The highest BCUT2D eigenvalue weighted by Crippen LogP contribution is 2.31. The number of ether oxygens (including phenoxy) is 2. The lowest BCUT2D eigenvalue weighted by Gasteiger charge is -2.23. The molecule has 7 nitrogen and oxygen atoms in total. The molecular formula is C18H27N3O4. The van der Waals surface area contributed by atoms with Crippen LogP contribution in [0.3, 0.4) is 0 Å². The molecule has 0 spiro atoms. The van der Waals surface area contributed by atoms with Crippen molar-refractivity contribution in [3.8, 4) is 11.5 Å². The van der Waals surface area contributed by atoms with E-state index < -0.39 is 6.10 Å². The number of nitrogens with one attached hydrogen (secondary N) is 2. The van der Waals surface area contributed by atoms with Gasteiger partial charge in [0.25, 0.3) is 0 Å². The molecule has 1 unspecified atom stereocenters. The first kappa shape index (κ1) is 19.2. The summed E-state index contributed by atoms with van der Waals surface area (Å²) in [5.41, 5.74) is 3.83. The molecule has 0 fully saturated rings. The fraction of sp³-hybridized carbons (Fsp3) is 0.556. The number of aliphatic hydroxyl groups excluding tert-OH is 1. The number of hydrogen-bond donors (Lipinski definition) is 3. The Morgan fingerprint density at radius 3 is 2.64 bits per heavy atom. The summed E-state index contributed by atoms with van der Waals surface area (Å²) in [4.78, 5) is 11.3. The molecule has 7 heteroatoms. The van der Waals surface area contributed by atoms with Gasteiger partial charge in [0.1, 0.15) is 24.2 Å². The van der Waals surface area contributed by atoms with E-state index in [0.29, 0.717) is 42.2 Å². The number of carbonyl (C=O) groups is 1. The van der Waals surface area contributed by atoms with E-state index in [1.165, 1.54) is 0 Å². The Labute approximate surface area is 148 Å². The molecular weight excluding hydrogens is 322 g/mol. The van der Waals surface area contributed by atoms with Gasteiger partial charge < -0.3 is 19.9 Å². The molecule has 1 aliphatic rings. The standard InChI is InChI=1S/C18H27N3O4/c1-18(2,3)19-10-12(22)11-25-15-7-5-6-14(24-4)17(15)13-8-9-16(23)21-20-13/h5-7,12,19,22H,8-11H2,1-4H3,(H,21,23). The SMILES string of the molecule is COc1cccc(OCC(O)CNC(C)(C)C)c1C1=NNC(=O)CC1. The van der Waals surface area contributed by atoms with Gasteiger partial charge in [-0.05, 0) is 32.9 Å². The van der Waals surface area contributed by atoms with Gasteiger partial charge in [-0.15, -0.1) is 0 Å². The van der Waals surface area contributed by atoms with Crippen molar-refractivity contribution < 1.29 is 19.4 Å². The van der Waals surface area contributed by atoms with Crippen LogP contribution in [0.5, 0.6) is 11.5 Å². The summed E-state index contributed by atoms with van der Waals surface area (Å²) in [6, 6.07) is 5.44. The van der Waals surface area contributed by atoms with Crippen LogP contribution in [0.25, 0.3) is 0 Å². The Balaban J connectivity index is 2.11. The Bertz CT molecular complexity index is 638. The molecule has 1 aliphatic heterocycles. The lowest BCUT2D eigenvalue weighted by atomic mass is 10.0. The van der Waals surface area contributed by atoms with E-state index in [9.17, 15) is 9.90 Å². The van der Waals surface area contributed by atoms with Crippen molar-refractivity contribution in [3.05, 3.63) is 23.8 Å². The monoisotopic (exact) mass is 349 g/mol. The molecule has 1 aromatic rings. The predicted molar refractivity (Wildman–Crippen MR) is 96.2 cm³/mol. The lowest BCUT2D eigenvalue weighted by Crippen LogP contribution is -2.42. The molecule has 0 saturated heterocycles. The number of β-amino-alcohol motifs (C(OH)–C–C–N with tert-alkyl or cyclic N) is 1. The van der Waals surface area contributed by atoms with Gasteiger partial charge in [-0.2, -0.15) is 5.10 Å². The highest BCUT2D eigenvalue weighted by Gasteiger charge is 2.21. The van der Waals surface area contributed by atoms with E-state index in [-0.39, 0.29) is 18.1 Å². The minimum absolute atomic E-state index is 0.0723. The summed E-state index contributed by atoms with van der Waals surface area (Å²) >= 11 is 0. The van der Waals surface area contributed by atoms with Crippen LogP contribution in [0.15, 0.2) is 23.3 Å². The fourth-order valence-electron chi connectivity index (χ4n) is 2.41. The minimum Gasteiger partial charge on any atom is -0.496 e. The number of rotatable bonds is 7. The Kier molecular flexibility index (Phi) is 6.39. The molecule has 0 saturated carbocycles. The van der Waals surface area contributed by atoms with Crippen molar-refractivity contribution in [2.75, 3.05) is 20.3 Å². The Morgan fingerprint density at radius 2 is 2.04 bits per heavy atom. The van der Waals surface area contributed by atoms with Crippen molar-refractivity contribution in [1.29, 1.82) is 0 Å². The lowest BCUT2D eigenvalue weighted by molar-refractivity contribution is -0.121. The molecule has 25 heavy (non-hydrogen) atoms. The third-order valence-electron chi connectivity index (χ3n) is 3.70. The second-order valence-electron chi connectivity index (χ2n) is 7.02. The van der Waals surface area contributed by atoms with Crippen molar-refractivity contribution in [2.24, 2.45) is 5.10 Å². The summed E-state index contributed by atoms with van der Waals surface area (Å²) < 4.78 is 11.2. The second kappa shape index (κ2) is 8.31. The Hall–Kier alpha value is -2.12. The summed E-state index contributed by atoms with van der Waals surface area (Å²) in [7, 11) is 1.58. The molecule has 138 valence electrons. The summed E-state index contributed by atoms with van der Waals surface area (Å²) in [5, 5.41) is 17.5. The van der Waals surface area contributed by atoms with E-state index in [0.717, 1.165) is 0 Å². The highest BCUT2D eigenvalue weighted by molar-refractivity contribution is 6.08. The van der Waals surface area contributed by atoms with Gasteiger partial charge in [0.05, 0.1) is 18.4 Å². The summed E-state index contributed by atoms with van der Waals surface area (Å²) in [6.45, 7) is 6.69. The van der Waals surface area contributed by atoms with Gasteiger partial charge in [0.2, 0.25) is 5.91 Å². The molecule has 0 bridgehead atoms. The summed E-state index contributed by atoms with van der Waals surface area (Å²) in [5.74, 6) is 1.09. The molecule has 1 heterocycles. The number of nitrogens with zero attached hydrogens (tertiary/aromatic N) is 1. The first-order valence-corrected chi connectivity index (χ1v) is 8.39. The maximum Gasteiger partial charge on any atom is 0.240 e. The van der Waals surface area contributed by atoms with Crippen LogP contribution < -0.4 is 20.2 Å². The van der Waals surface area contributed by atoms with E-state index >= 15 is 0 Å². The fourth-order valence-corrected chi connectivity index (χ4v) is 2.41. The molecule has 3 N–H and O–H groups in total. The predicted octanol–water partition coefficient (Wildman–Crippen LogP) is 1.44. The zero-order chi connectivity index (χ0) is 18.4. The molecule has 2 rings (SSSR count). The van der Waals surface area contributed by atoms with Crippen LogP contribution in [-0.4, -0.2) is 48.6 Å². The summed E-state index contributed by atoms with van der Waals surface area (Å²) in [6.07, 6.45) is 0.233. The van der Waals surface area contributed by atoms with Crippen LogP contribution in [0.2, 0.25) is 0 Å². The van der Waals surface area contributed by atoms with Crippen LogP contribution in [-0.2, 0) is 4.79 Å². The van der Waals surface area contributed by atoms with Crippen molar-refractivity contribution >= 4 is 11.6 Å². The van der Waals surface area contributed by atoms with Crippen molar-refractivity contribution in [3.63, 3.8) is 0 Å². The molecule has 1 atom stereocenters. The smallest absolute Gasteiger partial charge is 0.240 e. The first-order chi connectivity index (χ1) is 11.8. The number of carbonyl (C=O) groups excluding carboxylic acids is 1. The zero-order valence-corrected chi connectivity index (χ0v) is 15.3. The van der Waals surface area contributed by atoms with Crippen molar-refractivity contribution in [1.82, 2.24) is 10.7 Å². The number of hydrazone groups is 1. The van der Waals surface area contributed by atoms with E-state index in [1.54, 1.807) is 13.2 Å². The third-order valence-corrected chi connectivity index (χ3v) is 3.70. The minimum atomic E-state index is -0.647. The third kappa shape index (κ3) is 5.72. The van der Waals surface area contributed by atoms with E-state index in [4.69, 9.17) is 9.47 Å². The van der Waals surface area contributed by atoms with E-state index in [2.05, 4.69) is 15.8 Å². The van der Waals surface area contributed by atoms with Gasteiger partial charge in [0.15, 0.2) is 0 Å². The van der Waals surface area contributed by atoms with E-state index in [1.807, 2.05) is 32.9 Å². The molecule has 1 aromatic carbocycles. The number of amides is 1. The largest absolute Gasteiger partial charge is 0.496 e. The molecule has 0 aromatic heterocycles. The normalized spacial score (nSPS) is 16.0. The molecule has 0 radical (unpaired) electrons. The molecule has 0 aliphatic carbocycles. The van der Waals surface area contributed by atoms with Crippen molar-refractivity contribution in [2.45, 2.75) is 45.3 Å². The highest BCUT2D eigenvalue weighted by atomic mass is 16.5. The van der Waals surface area contributed by atoms with Gasteiger partial charge in [-0.1, -0.05) is 6.07 Å². The first-order valence-electron chi connectivity index (χ1n) is 8.39. The average Bonchev–Trinajstić information content (AvgIpc) is 2.58. The average molecular weight is 349 g/mol. The topological polar surface area (TPSA) is 92.2 Å². The maximum absolute atomic E-state index is 11.3. The second-order valence-corrected chi connectivity index (χ2v) is 7.02. The van der Waals surface area contributed by atoms with Crippen LogP contribution in [0.4, 0.5) is 0 Å². The number of aliphatic hydroxyl groups is 1. The number of methoxy groups -OCH3 is 1. The van der Waals surface area contributed by atoms with Gasteiger partial charge in [-0.3, -0.25) is 4.79 Å². The number of benzene rings is 1.